The van der Waals surface area contributed by atoms with Gasteiger partial charge in [0, 0.05) is 0 Å². The van der Waals surface area contributed by atoms with Crippen LogP contribution in [-0.2, 0) is 26.3 Å². The van der Waals surface area contributed by atoms with E-state index in [1.54, 1.807) is 0 Å². The van der Waals surface area contributed by atoms with Gasteiger partial charge in [0.25, 0.3) is 0 Å². The van der Waals surface area contributed by atoms with Gasteiger partial charge < -0.3 is 0 Å². The van der Waals surface area contributed by atoms with Gasteiger partial charge in [0.2, 0.25) is 0 Å². The van der Waals surface area contributed by atoms with E-state index >= 15 is 0 Å². The summed E-state index contributed by atoms with van der Waals surface area (Å²) in [5.41, 5.74) is 8.26. The van der Waals surface area contributed by atoms with Gasteiger partial charge >= 0.3 is 37.9 Å². The van der Waals surface area contributed by atoms with Crippen molar-refractivity contribution in [1.82, 2.24) is 0 Å². The molecule has 0 bridgehead atoms. The summed E-state index contributed by atoms with van der Waals surface area (Å²) in [5.74, 6) is 0.489. The van der Waals surface area contributed by atoms with Crippen molar-refractivity contribution in [2.45, 2.75) is 46.0 Å². The van der Waals surface area contributed by atoms with E-state index in [4.69, 9.17) is 17.0 Å². The van der Waals surface area contributed by atoms with Crippen LogP contribution in [0, 0.1) is 0 Å². The Morgan fingerprint density at radius 1 is 0.839 bits per heavy atom. The van der Waals surface area contributed by atoms with E-state index in [-0.39, 0.29) is 5.41 Å². The average Bonchev–Trinajstić information content (AvgIpc) is 3.18. The minimum atomic E-state index is -0.826. The van der Waals surface area contributed by atoms with Crippen LogP contribution in [0.4, 0.5) is 0 Å². The SMILES string of the molecule is CC(C)c1ccccc1-c1c(C(C)(C)C)ccc2[cH-]c(-c3ccccc3)cc12.[Cl][Zr][Cl]. The van der Waals surface area contributed by atoms with Gasteiger partial charge in [-0.15, -0.1) is 34.5 Å². The Hall–Kier alpha value is -1.27. The van der Waals surface area contributed by atoms with Gasteiger partial charge in [-0.05, 0) is 33.6 Å². The summed E-state index contributed by atoms with van der Waals surface area (Å²) in [5, 5.41) is 2.68. The molecule has 0 N–H and O–H groups in total. The Kier molecular flexibility index (Phi) is 8.31. The minimum absolute atomic E-state index is 0.0811. The van der Waals surface area contributed by atoms with Crippen LogP contribution in [-0.4, -0.2) is 0 Å². The molecule has 0 radical (unpaired) electrons. The first-order valence-electron chi connectivity index (χ1n) is 10.6. The fraction of sp³-hybridized carbons (Fsp3) is 0.250. The maximum absolute atomic E-state index is 4.93. The molecular formula is C28H29Cl2Zr-. The van der Waals surface area contributed by atoms with E-state index in [9.17, 15) is 0 Å². The number of fused-ring (bicyclic) bond motifs is 1. The predicted molar refractivity (Wildman–Crippen MR) is 135 cm³/mol. The van der Waals surface area contributed by atoms with Crippen molar-refractivity contribution in [2.75, 3.05) is 0 Å². The Labute approximate surface area is 205 Å². The fourth-order valence-corrected chi connectivity index (χ4v) is 4.22. The normalized spacial score (nSPS) is 11.4. The van der Waals surface area contributed by atoms with Crippen molar-refractivity contribution in [3.05, 3.63) is 90.0 Å². The van der Waals surface area contributed by atoms with Gasteiger partial charge in [0.05, 0.1) is 0 Å². The summed E-state index contributed by atoms with van der Waals surface area (Å²) in [6.45, 7) is 11.5. The van der Waals surface area contributed by atoms with Crippen LogP contribution in [0.1, 0.15) is 51.7 Å². The third kappa shape index (κ3) is 5.57. The molecule has 0 spiro atoms. The molecule has 0 aliphatic carbocycles. The van der Waals surface area contributed by atoms with E-state index in [0.29, 0.717) is 5.92 Å². The molecule has 160 valence electrons. The molecule has 0 heterocycles. The van der Waals surface area contributed by atoms with E-state index < -0.39 is 20.8 Å². The predicted octanol–water partition coefficient (Wildman–Crippen LogP) is 9.69. The van der Waals surface area contributed by atoms with E-state index in [1.165, 1.54) is 44.2 Å². The van der Waals surface area contributed by atoms with Crippen molar-refractivity contribution < 1.29 is 20.8 Å². The summed E-state index contributed by atoms with van der Waals surface area (Å²) < 4.78 is 0. The van der Waals surface area contributed by atoms with Crippen molar-refractivity contribution in [1.29, 1.82) is 0 Å². The molecule has 0 fully saturated rings. The van der Waals surface area contributed by atoms with Crippen LogP contribution >= 0.6 is 17.0 Å². The first kappa shape index (κ1) is 24.4. The van der Waals surface area contributed by atoms with Crippen molar-refractivity contribution in [3.8, 4) is 22.3 Å². The number of rotatable bonds is 3. The Bertz CT molecular complexity index is 1130. The summed E-state index contributed by atoms with van der Waals surface area (Å²) in [7, 11) is 9.87. The van der Waals surface area contributed by atoms with Gasteiger partial charge in [0.15, 0.2) is 0 Å². The molecule has 0 saturated carbocycles. The Balaban J connectivity index is 0.000000858. The molecule has 0 aromatic heterocycles. The third-order valence-corrected chi connectivity index (χ3v) is 5.66. The number of hydrogen-bond donors (Lipinski definition) is 0. The summed E-state index contributed by atoms with van der Waals surface area (Å²) >= 11 is -0.826. The Morgan fingerprint density at radius 3 is 2.06 bits per heavy atom. The molecule has 0 atom stereocenters. The molecule has 31 heavy (non-hydrogen) atoms. The maximum atomic E-state index is 4.93. The van der Waals surface area contributed by atoms with Crippen LogP contribution in [0.15, 0.2) is 78.9 Å². The topological polar surface area (TPSA) is 0 Å². The average molecular weight is 528 g/mol. The molecule has 0 aliphatic rings. The second-order valence-corrected chi connectivity index (χ2v) is 12.9. The van der Waals surface area contributed by atoms with Gasteiger partial charge in [-0.2, -0.15) is 0 Å². The van der Waals surface area contributed by atoms with Gasteiger partial charge in [-0.25, -0.2) is 0 Å². The number of hydrogen-bond acceptors (Lipinski definition) is 0. The van der Waals surface area contributed by atoms with Crippen molar-refractivity contribution in [2.24, 2.45) is 0 Å². The molecule has 4 aromatic carbocycles. The molecule has 4 aromatic rings. The molecule has 3 heteroatoms. The standard InChI is InChI=1S/C28H29.2ClH.Zr/c1-19(2)23-13-9-10-14-24(23)27-25-18-22(20-11-7-6-8-12-20)17-21(25)15-16-26(27)28(3,4)5;;;/h6-19H,1-5H3;2*1H;/q-1;;;+2/p-2. The Morgan fingerprint density at radius 2 is 1.45 bits per heavy atom. The summed E-state index contributed by atoms with van der Waals surface area (Å²) in [6, 6.07) is 29.0. The first-order valence-corrected chi connectivity index (χ1v) is 17.0. The monoisotopic (exact) mass is 525 g/mol. The van der Waals surface area contributed by atoms with Crippen LogP contribution < -0.4 is 0 Å². The second kappa shape index (κ2) is 10.6. The number of halogens is 2. The van der Waals surface area contributed by atoms with Crippen LogP contribution in [0.25, 0.3) is 33.0 Å². The summed E-state index contributed by atoms with van der Waals surface area (Å²) in [4.78, 5) is 0. The van der Waals surface area contributed by atoms with E-state index in [1.807, 2.05) is 0 Å². The zero-order valence-corrected chi connectivity index (χ0v) is 22.8. The molecule has 0 unspecified atom stereocenters. The fourth-order valence-electron chi connectivity index (χ4n) is 4.22. The van der Waals surface area contributed by atoms with Gasteiger partial charge in [-0.3, -0.25) is 0 Å². The molecule has 0 amide bonds. The van der Waals surface area contributed by atoms with Gasteiger partial charge in [-0.1, -0.05) is 101 Å². The zero-order valence-electron chi connectivity index (χ0n) is 18.8. The van der Waals surface area contributed by atoms with Crippen molar-refractivity contribution in [3.63, 3.8) is 0 Å². The third-order valence-electron chi connectivity index (χ3n) is 5.66. The second-order valence-electron chi connectivity index (χ2n) is 9.16. The van der Waals surface area contributed by atoms with Crippen LogP contribution in [0.3, 0.4) is 0 Å². The molecule has 0 saturated heterocycles. The summed E-state index contributed by atoms with van der Waals surface area (Å²) in [6.07, 6.45) is 0. The molecule has 4 rings (SSSR count). The molecule has 0 nitrogen and oxygen atoms in total. The molecular weight excluding hydrogens is 498 g/mol. The molecule has 0 aliphatic heterocycles. The first-order chi connectivity index (χ1) is 14.8. The van der Waals surface area contributed by atoms with Crippen LogP contribution in [0.2, 0.25) is 0 Å². The van der Waals surface area contributed by atoms with Gasteiger partial charge in [0.1, 0.15) is 0 Å². The number of benzene rings is 3. The van der Waals surface area contributed by atoms with E-state index in [2.05, 4.69) is 113 Å². The van der Waals surface area contributed by atoms with Crippen molar-refractivity contribution >= 4 is 27.8 Å². The zero-order chi connectivity index (χ0) is 22.6. The quantitative estimate of drug-likeness (QED) is 0.233. The van der Waals surface area contributed by atoms with Crippen LogP contribution in [0.5, 0.6) is 0 Å². The van der Waals surface area contributed by atoms with E-state index in [0.717, 1.165) is 0 Å².